The molecular formula is C13H24N4. The molecule has 2 heterocycles. The van der Waals surface area contributed by atoms with Crippen molar-refractivity contribution in [1.29, 1.82) is 0 Å². The minimum atomic E-state index is 0.501. The molecule has 4 nitrogen and oxygen atoms in total. The Balaban J connectivity index is 1.81. The molecule has 1 aromatic rings. The van der Waals surface area contributed by atoms with Crippen molar-refractivity contribution in [3.63, 3.8) is 0 Å². The lowest BCUT2D eigenvalue weighted by molar-refractivity contribution is 0.396. The van der Waals surface area contributed by atoms with Gasteiger partial charge >= 0.3 is 0 Å². The first-order valence-electron chi connectivity index (χ1n) is 6.65. The number of rotatable bonds is 5. The maximum Gasteiger partial charge on any atom is 0.0762 e. The van der Waals surface area contributed by atoms with Gasteiger partial charge in [0.15, 0.2) is 0 Å². The highest BCUT2D eigenvalue weighted by molar-refractivity contribution is 5.00. The highest BCUT2D eigenvalue weighted by atomic mass is 15.3. The molecule has 1 aliphatic rings. The third-order valence-corrected chi connectivity index (χ3v) is 3.67. The maximum atomic E-state index is 4.60. The lowest BCUT2D eigenvalue weighted by Crippen LogP contribution is -2.31. The molecule has 1 fully saturated rings. The van der Waals surface area contributed by atoms with Crippen LogP contribution in [-0.2, 0) is 6.54 Å². The van der Waals surface area contributed by atoms with Gasteiger partial charge in [0, 0.05) is 31.4 Å². The molecular weight excluding hydrogens is 212 g/mol. The summed E-state index contributed by atoms with van der Waals surface area (Å²) in [7, 11) is 2.18. The van der Waals surface area contributed by atoms with Crippen LogP contribution in [0.4, 0.5) is 0 Å². The molecule has 0 aliphatic carbocycles. The molecule has 0 saturated carbocycles. The third kappa shape index (κ3) is 3.30. The molecule has 0 radical (unpaired) electrons. The zero-order valence-corrected chi connectivity index (χ0v) is 11.2. The second-order valence-electron chi connectivity index (χ2n) is 5.17. The first-order chi connectivity index (χ1) is 8.19. The summed E-state index contributed by atoms with van der Waals surface area (Å²) >= 11 is 0. The van der Waals surface area contributed by atoms with Crippen molar-refractivity contribution in [2.45, 2.75) is 45.3 Å². The number of nitrogens with one attached hydrogen (secondary N) is 1. The Labute approximate surface area is 104 Å². The van der Waals surface area contributed by atoms with Crippen LogP contribution in [0.15, 0.2) is 12.3 Å². The highest BCUT2D eigenvalue weighted by Gasteiger charge is 2.18. The smallest absolute Gasteiger partial charge is 0.0762 e. The summed E-state index contributed by atoms with van der Waals surface area (Å²) in [6, 6.07) is 3.26. The van der Waals surface area contributed by atoms with Crippen molar-refractivity contribution in [3.05, 3.63) is 18.0 Å². The maximum absolute atomic E-state index is 4.60. The molecule has 2 rings (SSSR count). The predicted octanol–water partition coefficient (Wildman–Crippen LogP) is 1.65. The van der Waals surface area contributed by atoms with Crippen molar-refractivity contribution in [1.82, 2.24) is 20.0 Å². The Kier molecular flexibility index (Phi) is 4.18. The van der Waals surface area contributed by atoms with Crippen LogP contribution in [-0.4, -0.2) is 40.9 Å². The number of nitrogens with zero attached hydrogens (tertiary/aromatic N) is 3. The Morgan fingerprint density at radius 3 is 3.06 bits per heavy atom. The van der Waals surface area contributed by atoms with Crippen molar-refractivity contribution in [2.75, 3.05) is 20.1 Å². The molecule has 17 heavy (non-hydrogen) atoms. The fourth-order valence-electron chi connectivity index (χ4n) is 2.25. The lowest BCUT2D eigenvalue weighted by atomic mass is 10.2. The average molecular weight is 236 g/mol. The van der Waals surface area contributed by atoms with Gasteiger partial charge in [0.1, 0.15) is 0 Å². The molecule has 0 amide bonds. The monoisotopic (exact) mass is 236 g/mol. The number of hydrogen-bond acceptors (Lipinski definition) is 3. The van der Waals surface area contributed by atoms with Crippen LogP contribution in [0.5, 0.6) is 0 Å². The first kappa shape index (κ1) is 12.6. The number of likely N-dealkylation sites (tertiary alicyclic amines) is 1. The van der Waals surface area contributed by atoms with Crippen molar-refractivity contribution in [3.8, 4) is 0 Å². The Hall–Kier alpha value is -0.870. The van der Waals surface area contributed by atoms with Gasteiger partial charge in [-0.15, -0.1) is 0 Å². The summed E-state index contributed by atoms with van der Waals surface area (Å²) in [6.07, 6.45) is 4.47. The molecule has 1 N–H and O–H groups in total. The second-order valence-corrected chi connectivity index (χ2v) is 5.17. The van der Waals surface area contributed by atoms with Crippen LogP contribution in [0.25, 0.3) is 0 Å². The van der Waals surface area contributed by atoms with E-state index < -0.39 is 0 Å². The molecule has 1 aromatic heterocycles. The normalized spacial score (nSPS) is 23.1. The van der Waals surface area contributed by atoms with E-state index in [1.165, 1.54) is 13.0 Å². The third-order valence-electron chi connectivity index (χ3n) is 3.67. The molecule has 0 bridgehead atoms. The van der Waals surface area contributed by atoms with E-state index in [1.54, 1.807) is 0 Å². The van der Waals surface area contributed by atoms with E-state index >= 15 is 0 Å². The molecule has 96 valence electrons. The quantitative estimate of drug-likeness (QED) is 0.844. The van der Waals surface area contributed by atoms with Gasteiger partial charge in [-0.25, -0.2) is 0 Å². The largest absolute Gasteiger partial charge is 0.307 e. The van der Waals surface area contributed by atoms with Gasteiger partial charge in [-0.05, 0) is 39.4 Å². The average Bonchev–Trinajstić information content (AvgIpc) is 2.94. The number of hydrogen-bond donors (Lipinski definition) is 1. The Morgan fingerprint density at radius 2 is 2.41 bits per heavy atom. The zero-order valence-electron chi connectivity index (χ0n) is 11.2. The van der Waals surface area contributed by atoms with Crippen LogP contribution in [0.2, 0.25) is 0 Å². The Morgan fingerprint density at radius 1 is 1.59 bits per heavy atom. The SMILES string of the molecule is CCC(C)n1ccc(CNC2CCN(C)C2)n1. The fourth-order valence-corrected chi connectivity index (χ4v) is 2.25. The van der Waals surface area contributed by atoms with Gasteiger partial charge in [0.05, 0.1) is 5.69 Å². The predicted molar refractivity (Wildman–Crippen MR) is 70.0 cm³/mol. The van der Waals surface area contributed by atoms with Crippen molar-refractivity contribution in [2.24, 2.45) is 0 Å². The molecule has 4 heteroatoms. The van der Waals surface area contributed by atoms with Gasteiger partial charge in [-0.2, -0.15) is 5.10 Å². The van der Waals surface area contributed by atoms with E-state index in [9.17, 15) is 0 Å². The Bertz CT molecular complexity index is 347. The summed E-state index contributed by atoms with van der Waals surface area (Å²) in [6.45, 7) is 7.65. The molecule has 0 aromatic carbocycles. The number of likely N-dealkylation sites (N-methyl/N-ethyl adjacent to an activating group) is 1. The molecule has 1 saturated heterocycles. The molecule has 2 unspecified atom stereocenters. The van der Waals surface area contributed by atoms with Crippen LogP contribution in [0, 0.1) is 0 Å². The standard InChI is InChI=1S/C13H24N4/c1-4-11(2)17-8-6-12(15-17)9-14-13-5-7-16(3)10-13/h6,8,11,13-14H,4-5,7,9-10H2,1-3H3. The van der Waals surface area contributed by atoms with Crippen LogP contribution >= 0.6 is 0 Å². The van der Waals surface area contributed by atoms with E-state index in [4.69, 9.17) is 0 Å². The molecule has 0 spiro atoms. The fraction of sp³-hybridized carbons (Fsp3) is 0.769. The van der Waals surface area contributed by atoms with Gasteiger partial charge in [0.25, 0.3) is 0 Å². The summed E-state index contributed by atoms with van der Waals surface area (Å²) in [5.74, 6) is 0. The van der Waals surface area contributed by atoms with Gasteiger partial charge in [-0.1, -0.05) is 6.92 Å². The van der Waals surface area contributed by atoms with Crippen molar-refractivity contribution < 1.29 is 0 Å². The van der Waals surface area contributed by atoms with Crippen molar-refractivity contribution >= 4 is 0 Å². The topological polar surface area (TPSA) is 33.1 Å². The van der Waals surface area contributed by atoms with Gasteiger partial charge in [0.2, 0.25) is 0 Å². The highest BCUT2D eigenvalue weighted by Crippen LogP contribution is 2.10. The summed E-state index contributed by atoms with van der Waals surface area (Å²) in [5, 5.41) is 8.18. The molecule has 2 atom stereocenters. The summed E-state index contributed by atoms with van der Waals surface area (Å²) in [5.41, 5.74) is 1.15. The van der Waals surface area contributed by atoms with E-state index in [-0.39, 0.29) is 0 Å². The minimum Gasteiger partial charge on any atom is -0.307 e. The van der Waals surface area contributed by atoms with Gasteiger partial charge < -0.3 is 10.2 Å². The second kappa shape index (κ2) is 5.65. The first-order valence-corrected chi connectivity index (χ1v) is 6.65. The van der Waals surface area contributed by atoms with Crippen LogP contribution in [0.1, 0.15) is 38.4 Å². The van der Waals surface area contributed by atoms with E-state index in [2.05, 4.69) is 53.2 Å². The van der Waals surface area contributed by atoms with Crippen LogP contribution in [0.3, 0.4) is 0 Å². The minimum absolute atomic E-state index is 0.501. The number of aromatic nitrogens is 2. The van der Waals surface area contributed by atoms with E-state index in [0.29, 0.717) is 12.1 Å². The zero-order chi connectivity index (χ0) is 12.3. The summed E-state index contributed by atoms with van der Waals surface area (Å²) < 4.78 is 2.07. The lowest BCUT2D eigenvalue weighted by Gasteiger charge is -2.12. The van der Waals surface area contributed by atoms with E-state index in [0.717, 1.165) is 25.2 Å². The summed E-state index contributed by atoms with van der Waals surface area (Å²) in [4.78, 5) is 2.37. The van der Waals surface area contributed by atoms with Crippen LogP contribution < -0.4 is 5.32 Å². The van der Waals surface area contributed by atoms with Gasteiger partial charge in [-0.3, -0.25) is 4.68 Å². The van der Waals surface area contributed by atoms with E-state index in [1.807, 2.05) is 0 Å². The molecule has 1 aliphatic heterocycles.